The first-order chi connectivity index (χ1) is 12.0. The second-order valence-corrected chi connectivity index (χ2v) is 6.11. The van der Waals surface area contributed by atoms with E-state index in [1.165, 1.54) is 0 Å². The van der Waals surface area contributed by atoms with Gasteiger partial charge in [0.15, 0.2) is 6.10 Å². The van der Waals surface area contributed by atoms with Crippen molar-refractivity contribution in [2.75, 3.05) is 31.1 Å². The summed E-state index contributed by atoms with van der Waals surface area (Å²) in [5.41, 5.74) is 1.15. The van der Waals surface area contributed by atoms with E-state index in [4.69, 9.17) is 9.15 Å². The number of ether oxygens (including phenoxy) is 1. The number of hydrogen-bond donors (Lipinski definition) is 0. The smallest absolute Gasteiger partial charge is 0.375 e. The van der Waals surface area contributed by atoms with Crippen molar-refractivity contribution in [3.05, 3.63) is 54.0 Å². The summed E-state index contributed by atoms with van der Waals surface area (Å²) in [7, 11) is 0. The van der Waals surface area contributed by atoms with E-state index in [0.717, 1.165) is 18.8 Å². The lowest BCUT2D eigenvalue weighted by Gasteiger charge is -2.36. The van der Waals surface area contributed by atoms with Gasteiger partial charge in [-0.2, -0.15) is 0 Å². The van der Waals surface area contributed by atoms with E-state index in [1.807, 2.05) is 18.2 Å². The zero-order chi connectivity index (χ0) is 17.8. The van der Waals surface area contributed by atoms with Crippen LogP contribution in [0.5, 0.6) is 0 Å². The van der Waals surface area contributed by atoms with Crippen molar-refractivity contribution in [3.8, 4) is 0 Å². The Labute approximate surface area is 147 Å². The number of furan rings is 1. The molecule has 132 valence electrons. The van der Waals surface area contributed by atoms with E-state index >= 15 is 0 Å². The molecule has 0 aliphatic carbocycles. The van der Waals surface area contributed by atoms with Gasteiger partial charge >= 0.3 is 5.97 Å². The average Bonchev–Trinajstić information content (AvgIpc) is 3.08. The van der Waals surface area contributed by atoms with Gasteiger partial charge in [-0.05, 0) is 38.1 Å². The van der Waals surface area contributed by atoms with Gasteiger partial charge in [0.2, 0.25) is 5.76 Å². The first-order valence-corrected chi connectivity index (χ1v) is 8.41. The second kappa shape index (κ2) is 7.42. The molecular weight excluding hydrogens is 320 g/mol. The van der Waals surface area contributed by atoms with Gasteiger partial charge < -0.3 is 19.0 Å². The lowest BCUT2D eigenvalue weighted by atomic mass is 10.2. The Balaban J connectivity index is 1.52. The van der Waals surface area contributed by atoms with E-state index in [0.29, 0.717) is 18.8 Å². The third-order valence-electron chi connectivity index (χ3n) is 4.29. The van der Waals surface area contributed by atoms with Crippen LogP contribution in [0.25, 0.3) is 0 Å². The largest absolute Gasteiger partial charge is 0.454 e. The topological polar surface area (TPSA) is 63.0 Å². The number of benzene rings is 1. The van der Waals surface area contributed by atoms with Crippen molar-refractivity contribution in [1.29, 1.82) is 0 Å². The molecule has 6 nitrogen and oxygen atoms in total. The van der Waals surface area contributed by atoms with Gasteiger partial charge in [0.1, 0.15) is 5.76 Å². The molecule has 0 spiro atoms. The molecule has 0 radical (unpaired) electrons. The Morgan fingerprint density at radius 1 is 1.04 bits per heavy atom. The van der Waals surface area contributed by atoms with Crippen LogP contribution in [-0.2, 0) is 9.53 Å². The zero-order valence-corrected chi connectivity index (χ0v) is 14.5. The van der Waals surface area contributed by atoms with Gasteiger partial charge in [-0.1, -0.05) is 18.2 Å². The zero-order valence-electron chi connectivity index (χ0n) is 14.5. The van der Waals surface area contributed by atoms with Gasteiger partial charge in [0.25, 0.3) is 5.91 Å². The van der Waals surface area contributed by atoms with Crippen molar-refractivity contribution >= 4 is 17.6 Å². The highest BCUT2D eigenvalue weighted by Gasteiger charge is 2.28. The van der Waals surface area contributed by atoms with Crippen molar-refractivity contribution in [2.24, 2.45) is 0 Å². The lowest BCUT2D eigenvalue weighted by molar-refractivity contribution is -0.140. The maximum atomic E-state index is 12.5. The summed E-state index contributed by atoms with van der Waals surface area (Å²) >= 11 is 0. The highest BCUT2D eigenvalue weighted by atomic mass is 16.6. The van der Waals surface area contributed by atoms with Crippen LogP contribution in [0.3, 0.4) is 0 Å². The molecule has 1 aliphatic heterocycles. The maximum Gasteiger partial charge on any atom is 0.375 e. The number of anilines is 1. The summed E-state index contributed by atoms with van der Waals surface area (Å²) in [4.78, 5) is 28.5. The van der Waals surface area contributed by atoms with Gasteiger partial charge in [-0.3, -0.25) is 4.79 Å². The number of piperazine rings is 1. The fraction of sp³-hybridized carbons (Fsp3) is 0.368. The van der Waals surface area contributed by atoms with Crippen LogP contribution in [0, 0.1) is 6.92 Å². The number of hydrogen-bond acceptors (Lipinski definition) is 5. The molecule has 25 heavy (non-hydrogen) atoms. The fourth-order valence-electron chi connectivity index (χ4n) is 2.89. The summed E-state index contributed by atoms with van der Waals surface area (Å²) in [6.45, 7) is 6.07. The van der Waals surface area contributed by atoms with Crippen LogP contribution >= 0.6 is 0 Å². The van der Waals surface area contributed by atoms with Gasteiger partial charge in [-0.15, -0.1) is 0 Å². The maximum absolute atomic E-state index is 12.5. The van der Waals surface area contributed by atoms with Crippen molar-refractivity contribution in [3.63, 3.8) is 0 Å². The Morgan fingerprint density at radius 3 is 2.32 bits per heavy atom. The lowest BCUT2D eigenvalue weighted by Crippen LogP contribution is -2.51. The molecule has 2 aromatic rings. The molecule has 3 rings (SSSR count). The number of para-hydroxylation sites is 1. The van der Waals surface area contributed by atoms with E-state index < -0.39 is 12.1 Å². The third-order valence-corrected chi connectivity index (χ3v) is 4.29. The highest BCUT2D eigenvalue weighted by Crippen LogP contribution is 2.16. The van der Waals surface area contributed by atoms with E-state index in [2.05, 4.69) is 17.0 Å². The molecule has 1 aromatic heterocycles. The predicted octanol–water partition coefficient (Wildman–Crippen LogP) is 2.48. The normalized spacial score (nSPS) is 15.8. The molecule has 1 atom stereocenters. The minimum Gasteiger partial charge on any atom is -0.454 e. The molecule has 2 heterocycles. The summed E-state index contributed by atoms with van der Waals surface area (Å²) in [5, 5.41) is 0. The summed E-state index contributed by atoms with van der Waals surface area (Å²) in [6, 6.07) is 13.4. The minimum absolute atomic E-state index is 0.117. The standard InChI is InChI=1S/C19H22N2O4/c1-14-8-9-17(24-14)19(23)25-15(2)18(22)21-12-10-20(11-13-21)16-6-4-3-5-7-16/h3-9,15H,10-13H2,1-2H3/t15-/m1/s1. The number of carbonyl (C=O) groups is 2. The van der Waals surface area contributed by atoms with E-state index in [9.17, 15) is 9.59 Å². The molecule has 0 bridgehead atoms. The molecule has 0 unspecified atom stereocenters. The quantitative estimate of drug-likeness (QED) is 0.799. The molecule has 1 amide bonds. The molecule has 6 heteroatoms. The SMILES string of the molecule is Cc1ccc(C(=O)O[C@H](C)C(=O)N2CCN(c3ccccc3)CC2)o1. The number of esters is 1. The molecule has 0 saturated carbocycles. The summed E-state index contributed by atoms with van der Waals surface area (Å²) in [6.07, 6.45) is -0.832. The Hall–Kier alpha value is -2.76. The fourth-order valence-corrected chi connectivity index (χ4v) is 2.89. The van der Waals surface area contributed by atoms with Gasteiger partial charge in [-0.25, -0.2) is 4.79 Å². The minimum atomic E-state index is -0.832. The van der Waals surface area contributed by atoms with Crippen molar-refractivity contribution in [2.45, 2.75) is 20.0 Å². The van der Waals surface area contributed by atoms with Crippen molar-refractivity contribution < 1.29 is 18.7 Å². The second-order valence-electron chi connectivity index (χ2n) is 6.11. The monoisotopic (exact) mass is 342 g/mol. The molecular formula is C19H22N2O4. The van der Waals surface area contributed by atoms with E-state index in [1.54, 1.807) is 30.9 Å². The Kier molecular flexibility index (Phi) is 5.07. The number of rotatable bonds is 4. The van der Waals surface area contributed by atoms with E-state index in [-0.39, 0.29) is 11.7 Å². The van der Waals surface area contributed by atoms with Crippen molar-refractivity contribution in [1.82, 2.24) is 4.90 Å². The van der Waals surface area contributed by atoms with Crippen LogP contribution in [0.4, 0.5) is 5.69 Å². The molecule has 1 aromatic carbocycles. The van der Waals surface area contributed by atoms with Crippen LogP contribution in [-0.4, -0.2) is 49.1 Å². The third kappa shape index (κ3) is 4.02. The number of nitrogens with zero attached hydrogens (tertiary/aromatic N) is 2. The molecule has 0 N–H and O–H groups in total. The van der Waals surface area contributed by atoms with Crippen LogP contribution in [0.1, 0.15) is 23.2 Å². The van der Waals surface area contributed by atoms with Crippen LogP contribution < -0.4 is 4.90 Å². The summed E-state index contributed by atoms with van der Waals surface area (Å²) in [5.74, 6) is -0.0461. The van der Waals surface area contributed by atoms with Gasteiger partial charge in [0, 0.05) is 31.9 Å². The highest BCUT2D eigenvalue weighted by molar-refractivity contribution is 5.90. The first kappa shape index (κ1) is 17.1. The predicted molar refractivity (Wildman–Crippen MR) is 93.6 cm³/mol. The van der Waals surface area contributed by atoms with Gasteiger partial charge in [0.05, 0.1) is 0 Å². The Bertz CT molecular complexity index is 733. The molecule has 1 aliphatic rings. The number of carbonyl (C=O) groups excluding carboxylic acids is 2. The number of amides is 1. The average molecular weight is 342 g/mol. The van der Waals surface area contributed by atoms with Crippen LogP contribution in [0.2, 0.25) is 0 Å². The molecule has 1 saturated heterocycles. The first-order valence-electron chi connectivity index (χ1n) is 8.41. The number of aryl methyl sites for hydroxylation is 1. The molecule has 1 fully saturated rings. The Morgan fingerprint density at radius 2 is 1.72 bits per heavy atom. The van der Waals surface area contributed by atoms with Crippen LogP contribution in [0.15, 0.2) is 46.9 Å². The summed E-state index contributed by atoms with van der Waals surface area (Å²) < 4.78 is 10.5.